The second-order valence-corrected chi connectivity index (χ2v) is 9.47. The fourth-order valence-electron chi connectivity index (χ4n) is 5.11. The van der Waals surface area contributed by atoms with Crippen LogP contribution < -0.4 is 10.9 Å². The summed E-state index contributed by atoms with van der Waals surface area (Å²) in [6, 6.07) is 11.4. The number of benzene rings is 1. The van der Waals surface area contributed by atoms with Gasteiger partial charge in [-0.2, -0.15) is 0 Å². The molecule has 1 aromatic carbocycles. The number of cyclic esters (lactones) is 1. The number of nitrogens with zero attached hydrogens (tertiary/aromatic N) is 2. The maximum atomic E-state index is 13.6. The number of aromatic nitrogens is 2. The van der Waals surface area contributed by atoms with Gasteiger partial charge in [0.15, 0.2) is 0 Å². The molecule has 0 spiro atoms. The van der Waals surface area contributed by atoms with Gasteiger partial charge in [0.1, 0.15) is 13.2 Å². The van der Waals surface area contributed by atoms with E-state index in [-0.39, 0.29) is 36.6 Å². The molecule has 192 valence electrons. The Labute approximate surface area is 213 Å². The predicted octanol–water partition coefficient (Wildman–Crippen LogP) is 3.33. The second-order valence-electron chi connectivity index (χ2n) is 9.47. The minimum Gasteiger partial charge on any atom is -0.457 e. The highest BCUT2D eigenvalue weighted by molar-refractivity contribution is 5.89. The van der Waals surface area contributed by atoms with Crippen molar-refractivity contribution in [2.75, 3.05) is 6.54 Å². The van der Waals surface area contributed by atoms with E-state index >= 15 is 0 Å². The molecule has 0 saturated carbocycles. The number of amides is 1. The number of rotatable bonds is 8. The summed E-state index contributed by atoms with van der Waals surface area (Å²) in [6.07, 6.45) is 3.02. The third-order valence-corrected chi connectivity index (χ3v) is 7.11. The first-order valence-corrected chi connectivity index (χ1v) is 12.7. The Hall–Kier alpha value is -4.01. The lowest BCUT2D eigenvalue weighted by molar-refractivity contribution is -0.189. The second kappa shape index (κ2) is 9.80. The summed E-state index contributed by atoms with van der Waals surface area (Å²) in [5.41, 5.74) is 1.42. The van der Waals surface area contributed by atoms with Crippen molar-refractivity contribution < 1.29 is 23.9 Å². The summed E-state index contributed by atoms with van der Waals surface area (Å²) >= 11 is 0. The van der Waals surface area contributed by atoms with Crippen LogP contribution in [0.25, 0.3) is 22.3 Å². The van der Waals surface area contributed by atoms with Gasteiger partial charge in [0.25, 0.3) is 5.56 Å². The van der Waals surface area contributed by atoms with Crippen molar-refractivity contribution in [3.63, 3.8) is 0 Å². The van der Waals surface area contributed by atoms with Crippen molar-refractivity contribution in [1.29, 1.82) is 0 Å². The van der Waals surface area contributed by atoms with Crippen LogP contribution in [0.4, 0.5) is 0 Å². The van der Waals surface area contributed by atoms with Crippen molar-refractivity contribution in [1.82, 2.24) is 14.9 Å². The summed E-state index contributed by atoms with van der Waals surface area (Å²) in [4.78, 5) is 56.3. The van der Waals surface area contributed by atoms with E-state index in [0.717, 1.165) is 35.7 Å². The van der Waals surface area contributed by atoms with Crippen molar-refractivity contribution >= 4 is 28.7 Å². The monoisotopic (exact) mass is 503 g/mol. The summed E-state index contributed by atoms with van der Waals surface area (Å²) in [7, 11) is 0. The smallest absolute Gasteiger partial charge is 0.355 e. The van der Waals surface area contributed by atoms with Crippen molar-refractivity contribution in [2.24, 2.45) is 0 Å². The van der Waals surface area contributed by atoms with Gasteiger partial charge in [0.05, 0.1) is 29.0 Å². The van der Waals surface area contributed by atoms with Crippen molar-refractivity contribution in [3.05, 3.63) is 63.4 Å². The summed E-state index contributed by atoms with van der Waals surface area (Å²) in [5.74, 6) is -1.77. The van der Waals surface area contributed by atoms with Gasteiger partial charge in [-0.05, 0) is 31.0 Å². The molecule has 4 heterocycles. The number of ether oxygens (including phenoxy) is 2. The third-order valence-electron chi connectivity index (χ3n) is 7.11. The number of unbranched alkanes of at least 4 members (excludes halogenated alkanes) is 2. The molecule has 0 unspecified atom stereocenters. The van der Waals surface area contributed by atoms with E-state index in [1.807, 2.05) is 37.3 Å². The van der Waals surface area contributed by atoms with Gasteiger partial charge in [-0.25, -0.2) is 9.78 Å². The van der Waals surface area contributed by atoms with Crippen LogP contribution in [0, 0.1) is 0 Å². The third kappa shape index (κ3) is 4.28. The van der Waals surface area contributed by atoms with Crippen molar-refractivity contribution in [2.45, 2.75) is 64.7 Å². The molecule has 0 saturated heterocycles. The van der Waals surface area contributed by atoms with Gasteiger partial charge < -0.3 is 19.4 Å². The average molecular weight is 504 g/mol. The average Bonchev–Trinajstić information content (AvgIpc) is 3.26. The van der Waals surface area contributed by atoms with Crippen LogP contribution >= 0.6 is 0 Å². The number of esters is 2. The minimum atomic E-state index is -1.79. The van der Waals surface area contributed by atoms with E-state index in [9.17, 15) is 19.2 Å². The van der Waals surface area contributed by atoms with E-state index in [1.54, 1.807) is 17.6 Å². The van der Waals surface area contributed by atoms with E-state index in [4.69, 9.17) is 14.5 Å². The molecule has 5 rings (SSSR count). The number of fused-ring (bicyclic) bond motifs is 5. The Bertz CT molecular complexity index is 1480. The van der Waals surface area contributed by atoms with Crippen LogP contribution in [0.3, 0.4) is 0 Å². The molecule has 2 aliphatic heterocycles. The Morgan fingerprint density at radius 1 is 1.16 bits per heavy atom. The molecule has 1 amide bonds. The number of carbonyl (C=O) groups is 3. The molecule has 9 heteroatoms. The standard InChI is InChI=1S/C28H29N3O6/c1-3-5-6-11-23(32)29-14-24(33)37-28(4-2)20-13-22-25-18(12-17-9-7-8-10-21(17)30-25)15-31(22)26(34)19(20)16-36-27(28)35/h7-10,12-13H,3-6,11,14-16H2,1-2H3,(H,29,32)/t28-/m0/s1. The molecule has 0 fully saturated rings. The van der Waals surface area contributed by atoms with Crippen LogP contribution in [-0.4, -0.2) is 33.9 Å². The number of para-hydroxylation sites is 1. The molecule has 0 bridgehead atoms. The van der Waals surface area contributed by atoms with Crippen LogP contribution in [0.2, 0.25) is 0 Å². The number of nitrogens with one attached hydrogen (secondary N) is 1. The lowest BCUT2D eigenvalue weighted by atomic mass is 9.85. The number of carbonyl (C=O) groups excluding carboxylic acids is 3. The topological polar surface area (TPSA) is 117 Å². The van der Waals surface area contributed by atoms with Gasteiger partial charge in [0, 0.05) is 22.9 Å². The normalized spacial score (nSPS) is 17.5. The van der Waals surface area contributed by atoms with E-state index < -0.39 is 17.5 Å². The molecule has 0 aliphatic carbocycles. The molecule has 2 aliphatic rings. The van der Waals surface area contributed by atoms with E-state index in [0.29, 0.717) is 29.9 Å². The Kier molecular flexibility index (Phi) is 6.54. The Morgan fingerprint density at radius 2 is 1.97 bits per heavy atom. The zero-order chi connectivity index (χ0) is 26.2. The highest BCUT2D eigenvalue weighted by atomic mass is 16.6. The zero-order valence-corrected chi connectivity index (χ0v) is 21.0. The largest absolute Gasteiger partial charge is 0.457 e. The predicted molar refractivity (Wildman–Crippen MR) is 136 cm³/mol. The zero-order valence-electron chi connectivity index (χ0n) is 21.0. The lowest BCUT2D eigenvalue weighted by Gasteiger charge is -2.35. The first-order chi connectivity index (χ1) is 17.9. The molecule has 3 aromatic rings. The first-order valence-electron chi connectivity index (χ1n) is 12.7. The summed E-state index contributed by atoms with van der Waals surface area (Å²) < 4.78 is 12.7. The molecule has 1 N–H and O–H groups in total. The quantitative estimate of drug-likeness (QED) is 0.290. The molecule has 9 nitrogen and oxygen atoms in total. The van der Waals surface area contributed by atoms with Gasteiger partial charge in [-0.3, -0.25) is 14.4 Å². The molecule has 2 aromatic heterocycles. The highest BCUT2D eigenvalue weighted by Gasteiger charge is 2.50. The number of hydrogen-bond donors (Lipinski definition) is 1. The summed E-state index contributed by atoms with van der Waals surface area (Å²) in [5, 5.41) is 3.52. The van der Waals surface area contributed by atoms with Gasteiger partial charge in [-0.1, -0.05) is 44.9 Å². The van der Waals surface area contributed by atoms with Gasteiger partial charge >= 0.3 is 11.9 Å². The molecular weight excluding hydrogens is 474 g/mol. The SMILES string of the molecule is CCCCCC(=O)NCC(=O)O[C@]1(CC)C(=O)OCc2c1cc1n(c2=O)Cc2cc3ccccc3nc2-1. The maximum Gasteiger partial charge on any atom is 0.355 e. The van der Waals surface area contributed by atoms with Crippen LogP contribution in [0.5, 0.6) is 0 Å². The number of pyridine rings is 2. The lowest BCUT2D eigenvalue weighted by Crippen LogP contribution is -2.48. The highest BCUT2D eigenvalue weighted by Crippen LogP contribution is 2.40. The van der Waals surface area contributed by atoms with Gasteiger partial charge in [0.2, 0.25) is 11.5 Å². The van der Waals surface area contributed by atoms with Crippen molar-refractivity contribution in [3.8, 4) is 11.4 Å². The molecule has 1 atom stereocenters. The Morgan fingerprint density at radius 3 is 2.76 bits per heavy atom. The first kappa shape index (κ1) is 24.7. The van der Waals surface area contributed by atoms with E-state index in [1.165, 1.54) is 0 Å². The number of hydrogen-bond acceptors (Lipinski definition) is 7. The molecular formula is C28H29N3O6. The van der Waals surface area contributed by atoms with Crippen LogP contribution in [-0.2, 0) is 42.6 Å². The maximum absolute atomic E-state index is 13.6. The minimum absolute atomic E-state index is 0.0654. The van der Waals surface area contributed by atoms with Crippen LogP contribution in [0.1, 0.15) is 62.6 Å². The molecule has 37 heavy (non-hydrogen) atoms. The van der Waals surface area contributed by atoms with Crippen LogP contribution in [0.15, 0.2) is 41.2 Å². The summed E-state index contributed by atoms with van der Waals surface area (Å²) in [6.45, 7) is 3.50. The molecule has 0 radical (unpaired) electrons. The van der Waals surface area contributed by atoms with E-state index in [2.05, 4.69) is 5.32 Å². The Balaban J connectivity index is 1.49. The van der Waals surface area contributed by atoms with Gasteiger partial charge in [-0.15, -0.1) is 0 Å². The fraction of sp³-hybridized carbons (Fsp3) is 0.393. The fourth-order valence-corrected chi connectivity index (χ4v) is 5.11.